The maximum atomic E-state index is 14.1. The molecule has 0 radical (unpaired) electrons. The van der Waals surface area contributed by atoms with E-state index in [0.717, 1.165) is 22.7 Å². The van der Waals surface area contributed by atoms with Crippen LogP contribution in [-0.2, 0) is 9.59 Å². The first-order valence-electron chi connectivity index (χ1n) is 8.31. The fourth-order valence-electron chi connectivity index (χ4n) is 2.30. The van der Waals surface area contributed by atoms with Gasteiger partial charge in [0.05, 0.1) is 11.4 Å². The molecule has 0 aliphatic heterocycles. The zero-order valence-electron chi connectivity index (χ0n) is 15.4. The summed E-state index contributed by atoms with van der Waals surface area (Å²) in [7, 11) is 0. The van der Waals surface area contributed by atoms with Gasteiger partial charge in [0.15, 0.2) is 16.0 Å². The predicted molar refractivity (Wildman–Crippen MR) is 111 cm³/mol. The van der Waals surface area contributed by atoms with Crippen LogP contribution in [0.15, 0.2) is 41.1 Å². The van der Waals surface area contributed by atoms with E-state index in [4.69, 9.17) is 0 Å². The van der Waals surface area contributed by atoms with E-state index in [2.05, 4.69) is 15.3 Å². The Kier molecular flexibility index (Phi) is 6.25. The number of amides is 2. The Balaban J connectivity index is 1.73. The van der Waals surface area contributed by atoms with Gasteiger partial charge in [-0.2, -0.15) is 0 Å². The molecule has 2 amide bonds. The van der Waals surface area contributed by atoms with Crippen molar-refractivity contribution in [3.8, 4) is 0 Å². The molecule has 0 bridgehead atoms. The molecule has 1 aromatic carbocycles. The molecule has 0 aliphatic rings. The lowest BCUT2D eigenvalue weighted by Crippen LogP contribution is -2.23. The van der Waals surface area contributed by atoms with E-state index in [0.29, 0.717) is 10.8 Å². The van der Waals surface area contributed by atoms with Gasteiger partial charge >= 0.3 is 0 Å². The average molecular weight is 430 g/mol. The number of nitrogens with zero attached hydrogens (tertiary/aromatic N) is 3. The molecule has 10 heteroatoms. The summed E-state index contributed by atoms with van der Waals surface area (Å²) in [6, 6.07) is 5.92. The average Bonchev–Trinajstić information content (AvgIpc) is 3.31. The maximum Gasteiger partial charge on any atom is 0.250 e. The van der Waals surface area contributed by atoms with Crippen molar-refractivity contribution in [1.29, 1.82) is 0 Å². The van der Waals surface area contributed by atoms with Crippen molar-refractivity contribution in [2.75, 3.05) is 10.2 Å². The number of halogens is 1. The minimum Gasteiger partial charge on any atom is -0.298 e. The Morgan fingerprint density at radius 2 is 1.86 bits per heavy atom. The second-order valence-electron chi connectivity index (χ2n) is 5.78. The van der Waals surface area contributed by atoms with E-state index < -0.39 is 11.7 Å². The summed E-state index contributed by atoms with van der Waals surface area (Å²) in [5, 5.41) is 6.37. The highest BCUT2D eigenvalue weighted by Crippen LogP contribution is 2.31. The first kappa shape index (κ1) is 20.5. The number of hydrogen-bond donors (Lipinski definition) is 1. The van der Waals surface area contributed by atoms with E-state index in [-0.39, 0.29) is 28.2 Å². The summed E-state index contributed by atoms with van der Waals surface area (Å²) in [5.74, 6) is -1.55. The zero-order valence-corrected chi connectivity index (χ0v) is 17.0. The van der Waals surface area contributed by atoms with Crippen molar-refractivity contribution in [1.82, 2.24) is 9.97 Å². The minimum atomic E-state index is -0.539. The Hall–Kier alpha value is -3.24. The van der Waals surface area contributed by atoms with Crippen LogP contribution in [0.3, 0.4) is 0 Å². The lowest BCUT2D eigenvalue weighted by atomic mass is 10.3. The van der Waals surface area contributed by atoms with E-state index >= 15 is 0 Å². The molecule has 2 aromatic heterocycles. The summed E-state index contributed by atoms with van der Waals surface area (Å²) in [5.41, 5.74) is 0.829. The van der Waals surface area contributed by atoms with Gasteiger partial charge in [0.1, 0.15) is 11.5 Å². The highest BCUT2D eigenvalue weighted by molar-refractivity contribution is 7.14. The van der Waals surface area contributed by atoms with Gasteiger partial charge in [0.2, 0.25) is 11.8 Å². The Bertz CT molecular complexity index is 1110. The van der Waals surface area contributed by atoms with Crippen LogP contribution in [0.2, 0.25) is 0 Å². The predicted octanol–water partition coefficient (Wildman–Crippen LogP) is 4.28. The van der Waals surface area contributed by atoms with Crippen LogP contribution in [0, 0.1) is 5.82 Å². The fraction of sp³-hybridized carbons (Fsp3) is 0.105. The molecule has 7 nitrogen and oxygen atoms in total. The van der Waals surface area contributed by atoms with Gasteiger partial charge in [-0.05, 0) is 18.2 Å². The third-order valence-corrected chi connectivity index (χ3v) is 5.21. The first-order valence-corrected chi connectivity index (χ1v) is 10.1. The highest BCUT2D eigenvalue weighted by atomic mass is 32.1. The third-order valence-electron chi connectivity index (χ3n) is 3.61. The quantitative estimate of drug-likeness (QED) is 0.466. The summed E-state index contributed by atoms with van der Waals surface area (Å²) >= 11 is 2.30. The maximum absolute atomic E-state index is 14.1. The second kappa shape index (κ2) is 8.84. The van der Waals surface area contributed by atoms with Crippen LogP contribution in [0.4, 0.5) is 20.3 Å². The number of thiazole rings is 2. The van der Waals surface area contributed by atoms with Crippen molar-refractivity contribution < 1.29 is 18.8 Å². The molecule has 0 atom stereocenters. The molecule has 148 valence electrons. The molecule has 0 unspecified atom stereocenters. The molecule has 0 saturated carbocycles. The minimum absolute atomic E-state index is 0.104. The third kappa shape index (κ3) is 4.98. The van der Waals surface area contributed by atoms with Crippen LogP contribution in [0.25, 0.3) is 6.08 Å². The highest BCUT2D eigenvalue weighted by Gasteiger charge is 2.20. The number of anilines is 3. The molecule has 0 saturated heterocycles. The summed E-state index contributed by atoms with van der Waals surface area (Å²) in [6.07, 6.45) is 2.73. The van der Waals surface area contributed by atoms with E-state index in [9.17, 15) is 18.8 Å². The van der Waals surface area contributed by atoms with Gasteiger partial charge in [0, 0.05) is 30.7 Å². The van der Waals surface area contributed by atoms with Crippen LogP contribution >= 0.6 is 22.7 Å². The van der Waals surface area contributed by atoms with Crippen LogP contribution in [-0.4, -0.2) is 27.6 Å². The van der Waals surface area contributed by atoms with Crippen LogP contribution in [0.1, 0.15) is 30.0 Å². The number of benzene rings is 1. The standard InChI is InChI=1S/C19H15FN4O3S2/c1-11(25)15-10-28-18(22-15)23-17(27)8-7-13-9-29-19(21-13)24(12(2)26)16-6-4-3-5-14(16)20/h3-10H,1-2H3,(H,22,23,27)/b8-7+. The number of Topliss-reactive ketones (excluding diaryl/α,β-unsaturated/α-hetero) is 1. The molecular weight excluding hydrogens is 415 g/mol. The van der Waals surface area contributed by atoms with Gasteiger partial charge in [-0.15, -0.1) is 22.7 Å². The molecule has 1 N–H and O–H groups in total. The van der Waals surface area contributed by atoms with Crippen molar-refractivity contribution in [2.45, 2.75) is 13.8 Å². The van der Waals surface area contributed by atoms with Gasteiger partial charge in [-0.3, -0.25) is 24.6 Å². The number of para-hydroxylation sites is 1. The second-order valence-corrected chi connectivity index (χ2v) is 7.47. The van der Waals surface area contributed by atoms with Gasteiger partial charge < -0.3 is 0 Å². The fourth-order valence-corrected chi connectivity index (χ4v) is 3.90. The topological polar surface area (TPSA) is 92.3 Å². The number of hydrogen-bond acceptors (Lipinski definition) is 7. The van der Waals surface area contributed by atoms with Crippen molar-refractivity contribution in [3.05, 3.63) is 58.3 Å². The first-order chi connectivity index (χ1) is 13.8. The summed E-state index contributed by atoms with van der Waals surface area (Å²) < 4.78 is 14.1. The smallest absolute Gasteiger partial charge is 0.250 e. The normalized spacial score (nSPS) is 10.9. The molecule has 29 heavy (non-hydrogen) atoms. The van der Waals surface area contributed by atoms with Crippen molar-refractivity contribution in [3.63, 3.8) is 0 Å². The summed E-state index contributed by atoms with van der Waals surface area (Å²) in [6.45, 7) is 2.71. The SMILES string of the molecule is CC(=O)c1csc(NC(=O)/C=C/c2csc(N(C(C)=O)c3ccccc3F)n2)n1. The molecule has 0 aliphatic carbocycles. The molecule has 3 aromatic rings. The molecular formula is C19H15FN4O3S2. The Labute approximate surface area is 173 Å². The molecule has 3 rings (SSSR count). The lowest BCUT2D eigenvalue weighted by molar-refractivity contribution is -0.116. The van der Waals surface area contributed by atoms with Crippen LogP contribution in [0.5, 0.6) is 0 Å². The number of ketones is 1. The van der Waals surface area contributed by atoms with Crippen LogP contribution < -0.4 is 10.2 Å². The lowest BCUT2D eigenvalue weighted by Gasteiger charge is -2.18. The number of aromatic nitrogens is 2. The molecule has 2 heterocycles. The summed E-state index contributed by atoms with van der Waals surface area (Å²) in [4.78, 5) is 44.8. The number of carbonyl (C=O) groups excluding carboxylic acids is 3. The van der Waals surface area contributed by atoms with Gasteiger partial charge in [-0.1, -0.05) is 12.1 Å². The number of nitrogens with one attached hydrogen (secondary N) is 1. The number of rotatable bonds is 6. The Morgan fingerprint density at radius 3 is 2.52 bits per heavy atom. The molecule has 0 spiro atoms. The van der Waals surface area contributed by atoms with Gasteiger partial charge in [-0.25, -0.2) is 14.4 Å². The Morgan fingerprint density at radius 1 is 1.10 bits per heavy atom. The monoisotopic (exact) mass is 430 g/mol. The largest absolute Gasteiger partial charge is 0.298 e. The molecule has 0 fully saturated rings. The number of carbonyl (C=O) groups is 3. The van der Waals surface area contributed by atoms with Crippen molar-refractivity contribution >= 4 is 62.3 Å². The zero-order chi connectivity index (χ0) is 21.0. The van der Waals surface area contributed by atoms with Gasteiger partial charge in [0.25, 0.3) is 0 Å². The van der Waals surface area contributed by atoms with E-state index in [1.807, 2.05) is 0 Å². The van der Waals surface area contributed by atoms with Crippen molar-refractivity contribution in [2.24, 2.45) is 0 Å². The van der Waals surface area contributed by atoms with E-state index in [1.54, 1.807) is 16.8 Å². The van der Waals surface area contributed by atoms with E-state index in [1.165, 1.54) is 49.1 Å².